The van der Waals surface area contributed by atoms with Gasteiger partial charge >= 0.3 is 0 Å². The number of nitrogens with one attached hydrogen (secondary N) is 2. The molecule has 2 N–H and O–H groups in total. The first kappa shape index (κ1) is 35.0. The largest absolute Gasteiger partial charge is 0.480 e. The number of methoxy groups -OCH3 is 2. The summed E-state index contributed by atoms with van der Waals surface area (Å²) >= 11 is 14.1. The van der Waals surface area contributed by atoms with Gasteiger partial charge in [0, 0.05) is 54.1 Å². The maximum absolute atomic E-state index is 12.1. The van der Waals surface area contributed by atoms with Gasteiger partial charge < -0.3 is 20.1 Å². The van der Waals surface area contributed by atoms with E-state index < -0.39 is 14.6 Å². The zero-order valence-corrected chi connectivity index (χ0v) is 29.9. The minimum absolute atomic E-state index is 0.114. The Labute approximate surface area is 296 Å². The fourth-order valence-corrected chi connectivity index (χ4v) is 8.04. The predicted molar refractivity (Wildman–Crippen MR) is 190 cm³/mol. The Kier molecular flexibility index (Phi) is 10.4. The van der Waals surface area contributed by atoms with Crippen molar-refractivity contribution >= 4 is 38.9 Å². The van der Waals surface area contributed by atoms with Crippen LogP contribution in [0.15, 0.2) is 48.8 Å². The Bertz CT molecular complexity index is 1990. The lowest BCUT2D eigenvalue weighted by Crippen LogP contribution is -2.34. The van der Waals surface area contributed by atoms with Crippen LogP contribution in [0.4, 0.5) is 0 Å². The summed E-state index contributed by atoms with van der Waals surface area (Å²) in [5.74, 6) is 0.864. The molecule has 0 radical (unpaired) electrons. The van der Waals surface area contributed by atoms with E-state index in [1.165, 1.54) is 13.4 Å². The van der Waals surface area contributed by atoms with E-state index in [2.05, 4.69) is 25.6 Å². The average molecular weight is 726 g/mol. The Hall–Kier alpha value is -3.84. The molecule has 1 atom stereocenters. The van der Waals surface area contributed by atoms with Gasteiger partial charge in [0.25, 0.3) is 0 Å². The first-order valence-corrected chi connectivity index (χ1v) is 18.8. The van der Waals surface area contributed by atoms with Crippen LogP contribution in [0.1, 0.15) is 49.9 Å². The minimum Gasteiger partial charge on any atom is -0.480 e. The second-order valence-electron chi connectivity index (χ2n) is 12.5. The van der Waals surface area contributed by atoms with Crippen LogP contribution in [0.2, 0.25) is 10.0 Å². The minimum atomic E-state index is -3.15. The number of sulfone groups is 1. The molecule has 0 unspecified atom stereocenters. The molecule has 6 rings (SSSR count). The molecule has 2 fully saturated rings. The van der Waals surface area contributed by atoms with Crippen LogP contribution in [-0.4, -0.2) is 72.1 Å². The molecule has 1 aliphatic heterocycles. The molecular formula is C35H38Cl2N6O5S. The van der Waals surface area contributed by atoms with Crippen molar-refractivity contribution in [1.29, 1.82) is 0 Å². The van der Waals surface area contributed by atoms with Crippen LogP contribution < -0.4 is 20.1 Å². The summed E-state index contributed by atoms with van der Waals surface area (Å²) in [7, 11) is -0.0602. The van der Waals surface area contributed by atoms with Crippen molar-refractivity contribution in [2.24, 2.45) is 0 Å². The monoisotopic (exact) mass is 724 g/mol. The van der Waals surface area contributed by atoms with Gasteiger partial charge in [-0.3, -0.25) is 14.8 Å². The van der Waals surface area contributed by atoms with Gasteiger partial charge in [0.1, 0.15) is 11.4 Å². The standard InChI is InChI=1S/C35H38Cl2N6O5S/c1-47-33-26(12-4-7-21-13-14-30(44)41-21)39-18-27(42-33)24-10-5-8-22(31(24)36)23-9-6-11-25(32(23)37)28-19-40-29(34(43-28)48-2)17-38-20-35(15-16-35)49(3,45)46/h5-6,8-11,18-19,21,38H,4,7,12-17,20H2,1-3H3,(H,41,44)/t21-/m1/s1. The molecule has 2 aromatic heterocycles. The summed E-state index contributed by atoms with van der Waals surface area (Å²) < 4.78 is 34.7. The van der Waals surface area contributed by atoms with E-state index in [1.54, 1.807) is 19.5 Å². The van der Waals surface area contributed by atoms with Crippen LogP contribution in [0.25, 0.3) is 33.6 Å². The quantitative estimate of drug-likeness (QED) is 0.162. The summed E-state index contributed by atoms with van der Waals surface area (Å²) in [6.45, 7) is 0.648. The number of ether oxygens (including phenoxy) is 2. The Morgan fingerprint density at radius 2 is 1.45 bits per heavy atom. The maximum Gasteiger partial charge on any atom is 0.237 e. The molecule has 0 bridgehead atoms. The third kappa shape index (κ3) is 7.52. The second kappa shape index (κ2) is 14.6. The van der Waals surface area contributed by atoms with Gasteiger partial charge in [-0.1, -0.05) is 59.6 Å². The summed E-state index contributed by atoms with van der Waals surface area (Å²) in [6, 6.07) is 11.5. The molecule has 258 valence electrons. The number of carbonyl (C=O) groups excluding carboxylic acids is 1. The molecule has 1 saturated carbocycles. The number of hydrogen-bond acceptors (Lipinski definition) is 10. The molecule has 3 heterocycles. The van der Waals surface area contributed by atoms with Gasteiger partial charge in [-0.15, -0.1) is 0 Å². The van der Waals surface area contributed by atoms with Crippen LogP contribution in [0.5, 0.6) is 11.8 Å². The van der Waals surface area contributed by atoms with E-state index >= 15 is 0 Å². The van der Waals surface area contributed by atoms with Crippen LogP contribution in [0, 0.1) is 0 Å². The van der Waals surface area contributed by atoms with Gasteiger partial charge in [0.05, 0.1) is 52.8 Å². The first-order valence-electron chi connectivity index (χ1n) is 16.1. The molecule has 1 aliphatic carbocycles. The molecule has 2 aliphatic rings. The van der Waals surface area contributed by atoms with Crippen molar-refractivity contribution in [1.82, 2.24) is 30.6 Å². The van der Waals surface area contributed by atoms with E-state index in [0.29, 0.717) is 99.9 Å². The van der Waals surface area contributed by atoms with E-state index in [1.807, 2.05) is 36.4 Å². The Balaban J connectivity index is 1.21. The lowest BCUT2D eigenvalue weighted by molar-refractivity contribution is -0.119. The number of rotatable bonds is 14. The van der Waals surface area contributed by atoms with Crippen LogP contribution in [0.3, 0.4) is 0 Å². The maximum atomic E-state index is 12.1. The number of benzene rings is 2. The van der Waals surface area contributed by atoms with E-state index in [0.717, 1.165) is 25.0 Å². The lowest BCUT2D eigenvalue weighted by Gasteiger charge is -2.16. The number of carbonyl (C=O) groups is 1. The number of aromatic nitrogens is 4. The van der Waals surface area contributed by atoms with Crippen molar-refractivity contribution in [3.05, 3.63) is 70.2 Å². The van der Waals surface area contributed by atoms with Crippen molar-refractivity contribution in [2.75, 3.05) is 27.0 Å². The van der Waals surface area contributed by atoms with Crippen molar-refractivity contribution in [3.8, 4) is 45.4 Å². The molecule has 11 nitrogen and oxygen atoms in total. The fraction of sp³-hybridized carbons (Fsp3) is 0.400. The van der Waals surface area contributed by atoms with Gasteiger partial charge in [-0.2, -0.15) is 0 Å². The molecular weight excluding hydrogens is 687 g/mol. The van der Waals surface area contributed by atoms with E-state index in [4.69, 9.17) is 37.7 Å². The zero-order chi connectivity index (χ0) is 34.8. The highest BCUT2D eigenvalue weighted by atomic mass is 35.5. The molecule has 4 aromatic rings. The number of nitrogens with zero attached hydrogens (tertiary/aromatic N) is 4. The smallest absolute Gasteiger partial charge is 0.237 e. The molecule has 1 amide bonds. The lowest BCUT2D eigenvalue weighted by atomic mass is 9.98. The van der Waals surface area contributed by atoms with Crippen LogP contribution in [-0.2, 0) is 27.6 Å². The Morgan fingerprint density at radius 1 is 0.898 bits per heavy atom. The molecule has 1 saturated heterocycles. The SMILES string of the molecule is COc1nc(-c2cccc(-c3cccc(-c4cnc(CNCC5(S(C)(=O)=O)CC5)c(OC)n4)c3Cl)c2Cl)cnc1CCC[C@@H]1CCC(=O)N1. The van der Waals surface area contributed by atoms with E-state index in [-0.39, 0.29) is 11.9 Å². The summed E-state index contributed by atoms with van der Waals surface area (Å²) in [6.07, 6.45) is 9.76. The number of aryl methyl sites for hydroxylation is 1. The highest BCUT2D eigenvalue weighted by Crippen LogP contribution is 2.43. The molecule has 14 heteroatoms. The summed E-state index contributed by atoms with van der Waals surface area (Å²) in [5.41, 5.74) is 5.10. The molecule has 49 heavy (non-hydrogen) atoms. The second-order valence-corrected chi connectivity index (χ2v) is 15.7. The average Bonchev–Trinajstić information content (AvgIpc) is 3.79. The zero-order valence-electron chi connectivity index (χ0n) is 27.6. The third-order valence-electron chi connectivity index (χ3n) is 9.23. The van der Waals surface area contributed by atoms with Gasteiger partial charge in [0.15, 0.2) is 9.84 Å². The molecule has 0 spiro atoms. The highest BCUT2D eigenvalue weighted by Gasteiger charge is 2.51. The highest BCUT2D eigenvalue weighted by molar-refractivity contribution is 7.92. The van der Waals surface area contributed by atoms with Gasteiger partial charge in [0.2, 0.25) is 17.7 Å². The number of halogens is 2. The van der Waals surface area contributed by atoms with Crippen LogP contribution >= 0.6 is 23.2 Å². The normalized spacial score (nSPS) is 16.8. The van der Waals surface area contributed by atoms with Crippen molar-refractivity contribution in [2.45, 2.75) is 62.3 Å². The van der Waals surface area contributed by atoms with Gasteiger partial charge in [-0.25, -0.2) is 18.4 Å². The molecule has 2 aromatic carbocycles. The summed E-state index contributed by atoms with van der Waals surface area (Å²) in [4.78, 5) is 30.2. The topological polar surface area (TPSA) is 145 Å². The summed E-state index contributed by atoms with van der Waals surface area (Å²) in [5, 5.41) is 7.10. The number of amides is 1. The van der Waals surface area contributed by atoms with Gasteiger partial charge in [-0.05, 0) is 38.5 Å². The van der Waals surface area contributed by atoms with Crippen molar-refractivity contribution < 1.29 is 22.7 Å². The predicted octanol–water partition coefficient (Wildman–Crippen LogP) is 5.86. The Morgan fingerprint density at radius 3 is 1.96 bits per heavy atom. The van der Waals surface area contributed by atoms with E-state index in [9.17, 15) is 13.2 Å². The fourth-order valence-electron chi connectivity index (χ4n) is 6.19. The van der Waals surface area contributed by atoms with Crippen molar-refractivity contribution in [3.63, 3.8) is 0 Å². The first-order chi connectivity index (χ1) is 23.5. The number of hydrogen-bond donors (Lipinski definition) is 2. The third-order valence-corrected chi connectivity index (χ3v) is 12.2.